The molecule has 0 saturated carbocycles. The lowest BCUT2D eigenvalue weighted by Gasteiger charge is -2.30. The molecule has 176 valence electrons. The smallest absolute Gasteiger partial charge is 0.277 e. The van der Waals surface area contributed by atoms with Crippen molar-refractivity contribution in [2.75, 3.05) is 37.0 Å². The summed E-state index contributed by atoms with van der Waals surface area (Å²) >= 11 is 0. The second-order valence-corrected chi connectivity index (χ2v) is 8.64. The minimum atomic E-state index is -0.0753. The first-order valence-corrected chi connectivity index (χ1v) is 11.7. The molecule has 0 unspecified atom stereocenters. The molecular weight excluding hydrogens is 430 g/mol. The summed E-state index contributed by atoms with van der Waals surface area (Å²) in [7, 11) is 3.51. The summed E-state index contributed by atoms with van der Waals surface area (Å²) in [4.78, 5) is 29.7. The zero-order valence-electron chi connectivity index (χ0n) is 19.6. The molecule has 0 spiro atoms. The highest BCUT2D eigenvalue weighted by atomic mass is 16.5. The fraction of sp³-hybridized carbons (Fsp3) is 0.346. The van der Waals surface area contributed by atoms with Crippen LogP contribution in [0.25, 0.3) is 5.69 Å². The Morgan fingerprint density at radius 2 is 1.56 bits per heavy atom. The predicted molar refractivity (Wildman–Crippen MR) is 131 cm³/mol. The average Bonchev–Trinajstić information content (AvgIpc) is 3.24. The van der Waals surface area contributed by atoms with E-state index in [4.69, 9.17) is 9.84 Å². The zero-order valence-corrected chi connectivity index (χ0v) is 19.6. The van der Waals surface area contributed by atoms with E-state index in [0.29, 0.717) is 25.2 Å². The summed E-state index contributed by atoms with van der Waals surface area (Å²) in [6.07, 6.45) is 3.29. The number of anilines is 2. The van der Waals surface area contributed by atoms with Crippen LogP contribution in [0.5, 0.6) is 5.75 Å². The third-order valence-corrected chi connectivity index (χ3v) is 6.56. The molecule has 0 aliphatic carbocycles. The number of ether oxygens (including phenoxy) is 1. The normalized spacial score (nSPS) is 16.1. The third-order valence-electron chi connectivity index (χ3n) is 6.56. The van der Waals surface area contributed by atoms with Crippen molar-refractivity contribution in [2.45, 2.75) is 32.2 Å². The third kappa shape index (κ3) is 3.94. The first-order chi connectivity index (χ1) is 16.6. The number of rotatable bonds is 6. The molecule has 0 bridgehead atoms. The summed E-state index contributed by atoms with van der Waals surface area (Å²) in [6, 6.07) is 15.3. The van der Waals surface area contributed by atoms with Crippen LogP contribution in [0, 0.1) is 0 Å². The number of nitrogens with zero attached hydrogens (tertiary/aromatic N) is 4. The molecule has 2 aliphatic rings. The van der Waals surface area contributed by atoms with E-state index >= 15 is 0 Å². The minimum absolute atomic E-state index is 0.0753. The highest BCUT2D eigenvalue weighted by molar-refractivity contribution is 6.07. The molecule has 8 heteroatoms. The lowest BCUT2D eigenvalue weighted by molar-refractivity contribution is -0.119. The number of hydrogen-bond donors (Lipinski definition) is 1. The van der Waals surface area contributed by atoms with E-state index in [1.165, 1.54) is 0 Å². The van der Waals surface area contributed by atoms with Gasteiger partial charge in [0.1, 0.15) is 11.4 Å². The Kier molecular flexibility index (Phi) is 6.06. The number of carbonyl (C=O) groups is 2. The molecule has 2 amide bonds. The number of piperidine rings is 1. The summed E-state index contributed by atoms with van der Waals surface area (Å²) in [6.45, 7) is 1.93. The molecule has 8 nitrogen and oxygen atoms in total. The molecule has 3 aromatic rings. The van der Waals surface area contributed by atoms with Gasteiger partial charge in [-0.25, -0.2) is 4.68 Å². The van der Waals surface area contributed by atoms with Crippen LogP contribution in [0.4, 0.5) is 11.4 Å². The van der Waals surface area contributed by atoms with E-state index in [9.17, 15) is 9.59 Å². The molecule has 3 heterocycles. The van der Waals surface area contributed by atoms with Gasteiger partial charge in [-0.2, -0.15) is 5.10 Å². The summed E-state index contributed by atoms with van der Waals surface area (Å²) in [5.74, 6) is 0.840. The van der Waals surface area contributed by atoms with E-state index < -0.39 is 0 Å². The van der Waals surface area contributed by atoms with Crippen molar-refractivity contribution in [3.63, 3.8) is 0 Å². The van der Waals surface area contributed by atoms with Crippen LogP contribution in [0.3, 0.4) is 0 Å². The van der Waals surface area contributed by atoms with Crippen molar-refractivity contribution in [2.24, 2.45) is 0 Å². The number of aromatic nitrogens is 2. The van der Waals surface area contributed by atoms with Gasteiger partial charge in [0.05, 0.1) is 18.5 Å². The van der Waals surface area contributed by atoms with Crippen LogP contribution >= 0.6 is 0 Å². The van der Waals surface area contributed by atoms with E-state index in [-0.39, 0.29) is 11.8 Å². The van der Waals surface area contributed by atoms with Crippen molar-refractivity contribution in [1.82, 2.24) is 15.1 Å². The number of methoxy groups -OCH3 is 1. The topological polar surface area (TPSA) is 79.7 Å². The van der Waals surface area contributed by atoms with Crippen LogP contribution in [0.1, 0.15) is 41.0 Å². The maximum absolute atomic E-state index is 13.7. The van der Waals surface area contributed by atoms with Crippen molar-refractivity contribution >= 4 is 23.2 Å². The van der Waals surface area contributed by atoms with Crippen LogP contribution < -0.4 is 19.9 Å². The molecule has 0 radical (unpaired) electrons. The molecule has 2 aromatic carbocycles. The predicted octanol–water partition coefficient (Wildman–Crippen LogP) is 3.32. The highest BCUT2D eigenvalue weighted by Gasteiger charge is 2.33. The van der Waals surface area contributed by atoms with Crippen molar-refractivity contribution in [3.8, 4) is 11.4 Å². The van der Waals surface area contributed by atoms with E-state index in [0.717, 1.165) is 59.9 Å². The zero-order chi connectivity index (χ0) is 23.7. The molecule has 0 atom stereocenters. The van der Waals surface area contributed by atoms with E-state index in [2.05, 4.69) is 5.32 Å². The molecule has 1 fully saturated rings. The second kappa shape index (κ2) is 9.30. The van der Waals surface area contributed by atoms with Crippen molar-refractivity contribution in [3.05, 3.63) is 65.5 Å². The monoisotopic (exact) mass is 459 g/mol. The highest BCUT2D eigenvalue weighted by Crippen LogP contribution is 2.31. The molecule has 1 aromatic heterocycles. The van der Waals surface area contributed by atoms with Gasteiger partial charge in [-0.3, -0.25) is 9.59 Å². The Hall–Kier alpha value is -3.65. The Morgan fingerprint density at radius 3 is 2.21 bits per heavy atom. The first-order valence-electron chi connectivity index (χ1n) is 11.7. The van der Waals surface area contributed by atoms with Gasteiger partial charge in [-0.05, 0) is 74.8 Å². The van der Waals surface area contributed by atoms with E-state index in [1.54, 1.807) is 16.7 Å². The maximum atomic E-state index is 13.7. The number of carbonyl (C=O) groups excluding carboxylic acids is 2. The standard InChI is InChI=1S/C26H29N5O3/c1-27-17-23-22-14-16-30(19-8-6-18(7-9-19)29-15-4-3-5-24(29)32)26(33)25(22)31(28-23)20-10-12-21(34-2)13-11-20/h6-13,27H,3-5,14-17H2,1-2H3. The number of hydrogen-bond acceptors (Lipinski definition) is 5. The quantitative estimate of drug-likeness (QED) is 0.612. The Balaban J connectivity index is 1.47. The SMILES string of the molecule is CNCc1nn(-c2ccc(OC)cc2)c2c1CCN(c1ccc(N3CCCCC3=O)cc1)C2=O. The van der Waals surface area contributed by atoms with Gasteiger partial charge >= 0.3 is 0 Å². The number of fused-ring (bicyclic) bond motifs is 1. The van der Waals surface area contributed by atoms with Crippen LogP contribution in [0.15, 0.2) is 48.5 Å². The van der Waals surface area contributed by atoms with Gasteiger partial charge in [0, 0.05) is 43.0 Å². The fourth-order valence-corrected chi connectivity index (χ4v) is 4.79. The Labute approximate surface area is 199 Å². The van der Waals surface area contributed by atoms with Gasteiger partial charge in [0.15, 0.2) is 0 Å². The molecular formula is C26H29N5O3. The number of benzene rings is 2. The average molecular weight is 460 g/mol. The fourth-order valence-electron chi connectivity index (χ4n) is 4.79. The van der Waals surface area contributed by atoms with Crippen LogP contribution in [-0.2, 0) is 17.8 Å². The lowest BCUT2D eigenvalue weighted by atomic mass is 10.0. The summed E-state index contributed by atoms with van der Waals surface area (Å²) in [5, 5.41) is 7.95. The second-order valence-electron chi connectivity index (χ2n) is 8.64. The number of nitrogens with one attached hydrogen (secondary N) is 1. The van der Waals surface area contributed by atoms with Gasteiger partial charge in [-0.1, -0.05) is 0 Å². The largest absolute Gasteiger partial charge is 0.497 e. The molecule has 1 saturated heterocycles. The van der Waals surface area contributed by atoms with Gasteiger partial charge in [0.25, 0.3) is 5.91 Å². The van der Waals surface area contributed by atoms with Gasteiger partial charge in [0.2, 0.25) is 5.91 Å². The molecule has 5 rings (SSSR count). The first kappa shape index (κ1) is 22.2. The van der Waals surface area contributed by atoms with Gasteiger partial charge in [-0.15, -0.1) is 0 Å². The minimum Gasteiger partial charge on any atom is -0.497 e. The van der Waals surface area contributed by atoms with Crippen LogP contribution in [0.2, 0.25) is 0 Å². The number of amides is 2. The van der Waals surface area contributed by atoms with Crippen molar-refractivity contribution in [1.29, 1.82) is 0 Å². The maximum Gasteiger partial charge on any atom is 0.277 e. The van der Waals surface area contributed by atoms with Gasteiger partial charge < -0.3 is 19.9 Å². The van der Waals surface area contributed by atoms with Crippen molar-refractivity contribution < 1.29 is 14.3 Å². The van der Waals surface area contributed by atoms with E-state index in [1.807, 2.05) is 60.5 Å². The molecule has 1 N–H and O–H groups in total. The van der Waals surface area contributed by atoms with Crippen LogP contribution in [-0.4, -0.2) is 48.8 Å². The molecule has 34 heavy (non-hydrogen) atoms. The molecule has 2 aliphatic heterocycles. The summed E-state index contributed by atoms with van der Waals surface area (Å²) < 4.78 is 7.02. The lowest BCUT2D eigenvalue weighted by Crippen LogP contribution is -2.39. The Bertz CT molecular complexity index is 1200. The Morgan fingerprint density at radius 1 is 0.882 bits per heavy atom. The summed E-state index contributed by atoms with van der Waals surface area (Å²) in [5.41, 5.74) is 4.99.